The number of carbonyl (C=O) groups excluding carboxylic acids is 1. The molecular formula is C21H30N2O. The fourth-order valence-electron chi connectivity index (χ4n) is 2.98. The van der Waals surface area contributed by atoms with Crippen LogP contribution in [0.3, 0.4) is 0 Å². The van der Waals surface area contributed by atoms with Crippen molar-refractivity contribution in [3.63, 3.8) is 0 Å². The first kappa shape index (κ1) is 18.5. The molecule has 1 aliphatic carbocycles. The van der Waals surface area contributed by atoms with E-state index in [2.05, 4.69) is 30.4 Å². The molecule has 130 valence electrons. The van der Waals surface area contributed by atoms with Gasteiger partial charge in [-0.05, 0) is 43.4 Å². The van der Waals surface area contributed by atoms with Crippen molar-refractivity contribution in [3.05, 3.63) is 29.8 Å². The van der Waals surface area contributed by atoms with Crippen LogP contribution in [0.1, 0.15) is 76.7 Å². The number of benzene rings is 1. The second-order valence-corrected chi connectivity index (χ2v) is 7.07. The molecule has 0 spiro atoms. The molecule has 0 unspecified atom stereocenters. The van der Waals surface area contributed by atoms with Crippen molar-refractivity contribution < 1.29 is 4.79 Å². The monoisotopic (exact) mass is 326 g/mol. The summed E-state index contributed by atoms with van der Waals surface area (Å²) in [5.41, 5.74) is 1.36. The molecule has 2 rings (SSSR count). The van der Waals surface area contributed by atoms with Crippen molar-refractivity contribution in [2.45, 2.75) is 77.6 Å². The molecule has 0 radical (unpaired) electrons. The number of hydrogen-bond acceptors (Lipinski definition) is 2. The number of nitriles is 1. The van der Waals surface area contributed by atoms with E-state index in [4.69, 9.17) is 5.26 Å². The zero-order chi connectivity index (χ0) is 17.3. The number of nitrogens with one attached hydrogen (secondary N) is 1. The van der Waals surface area contributed by atoms with Gasteiger partial charge in [0.05, 0.1) is 6.07 Å². The third-order valence-corrected chi connectivity index (χ3v) is 4.93. The summed E-state index contributed by atoms with van der Waals surface area (Å²) >= 11 is 0. The third kappa shape index (κ3) is 5.67. The van der Waals surface area contributed by atoms with Gasteiger partial charge in [-0.25, -0.2) is 0 Å². The van der Waals surface area contributed by atoms with Gasteiger partial charge in [0, 0.05) is 5.69 Å². The average Bonchev–Trinajstić information content (AvgIpc) is 3.40. The lowest BCUT2D eigenvalue weighted by atomic mass is 10.0. The molecule has 0 aliphatic heterocycles. The van der Waals surface area contributed by atoms with E-state index in [1.54, 1.807) is 0 Å². The van der Waals surface area contributed by atoms with Gasteiger partial charge >= 0.3 is 0 Å². The Bertz CT molecular complexity index is 552. The fraction of sp³-hybridized carbons (Fsp3) is 0.619. The molecule has 1 amide bonds. The number of unbranched alkanes of at least 4 members (excludes halogenated alkanes) is 7. The highest BCUT2D eigenvalue weighted by molar-refractivity contribution is 5.99. The van der Waals surface area contributed by atoms with Crippen LogP contribution < -0.4 is 5.32 Å². The van der Waals surface area contributed by atoms with Crippen molar-refractivity contribution in [1.82, 2.24) is 0 Å². The number of amides is 1. The molecule has 0 aromatic heterocycles. The van der Waals surface area contributed by atoms with E-state index in [1.807, 2.05) is 12.1 Å². The maximum Gasteiger partial charge on any atom is 0.244 e. The summed E-state index contributed by atoms with van der Waals surface area (Å²) in [5.74, 6) is -0.152. The van der Waals surface area contributed by atoms with Crippen molar-refractivity contribution in [1.29, 1.82) is 5.26 Å². The number of nitrogens with zero attached hydrogens (tertiary/aromatic N) is 1. The van der Waals surface area contributed by atoms with Gasteiger partial charge in [0.15, 0.2) is 0 Å². The first-order chi connectivity index (χ1) is 11.7. The molecule has 1 saturated carbocycles. The van der Waals surface area contributed by atoms with Gasteiger partial charge in [-0.3, -0.25) is 4.79 Å². The molecule has 0 heterocycles. The summed E-state index contributed by atoms with van der Waals surface area (Å²) in [4.78, 5) is 12.0. The molecule has 3 heteroatoms. The Labute approximate surface area is 146 Å². The maximum atomic E-state index is 12.0. The van der Waals surface area contributed by atoms with Crippen LogP contribution in [0.25, 0.3) is 0 Å². The van der Waals surface area contributed by atoms with E-state index in [9.17, 15) is 4.79 Å². The van der Waals surface area contributed by atoms with Gasteiger partial charge in [0.1, 0.15) is 5.41 Å². The molecule has 1 aliphatic rings. The van der Waals surface area contributed by atoms with Gasteiger partial charge in [-0.15, -0.1) is 0 Å². The highest BCUT2D eigenvalue weighted by Gasteiger charge is 2.50. The highest BCUT2D eigenvalue weighted by atomic mass is 16.2. The molecule has 1 aromatic carbocycles. The molecule has 1 fully saturated rings. The second kappa shape index (κ2) is 9.47. The standard InChI is InChI=1S/C21H30N2O/c1-2-3-4-5-6-7-8-9-10-18-11-13-19(14-12-18)23-20(24)21(17-22)15-16-21/h11-14H,2-10,15-16H2,1H3,(H,23,24). The smallest absolute Gasteiger partial charge is 0.244 e. The molecule has 0 atom stereocenters. The van der Waals surface area contributed by atoms with E-state index in [0.29, 0.717) is 12.8 Å². The summed E-state index contributed by atoms with van der Waals surface area (Å²) in [6.45, 7) is 2.25. The van der Waals surface area contributed by atoms with Gasteiger partial charge in [-0.2, -0.15) is 5.26 Å². The minimum Gasteiger partial charge on any atom is -0.325 e. The van der Waals surface area contributed by atoms with Crippen molar-refractivity contribution in [2.24, 2.45) is 5.41 Å². The number of hydrogen-bond donors (Lipinski definition) is 1. The zero-order valence-corrected chi connectivity index (χ0v) is 14.9. The van der Waals surface area contributed by atoms with Crippen LogP contribution in [0.15, 0.2) is 24.3 Å². The number of aryl methyl sites for hydroxylation is 1. The Morgan fingerprint density at radius 3 is 2.17 bits per heavy atom. The minimum atomic E-state index is -0.754. The van der Waals surface area contributed by atoms with Crippen LogP contribution >= 0.6 is 0 Å². The fourth-order valence-corrected chi connectivity index (χ4v) is 2.98. The summed E-state index contributed by atoms with van der Waals surface area (Å²) in [5, 5.41) is 11.9. The Kier molecular flexibility index (Phi) is 7.31. The Hall–Kier alpha value is -1.82. The van der Waals surface area contributed by atoms with Crippen molar-refractivity contribution in [3.8, 4) is 6.07 Å². The highest BCUT2D eigenvalue weighted by Crippen LogP contribution is 2.45. The van der Waals surface area contributed by atoms with Crippen LogP contribution in [0.4, 0.5) is 5.69 Å². The molecule has 24 heavy (non-hydrogen) atoms. The predicted molar refractivity (Wildman–Crippen MR) is 98.7 cm³/mol. The SMILES string of the molecule is CCCCCCCCCCc1ccc(NC(=O)C2(C#N)CC2)cc1. The second-order valence-electron chi connectivity index (χ2n) is 7.07. The average molecular weight is 326 g/mol. The van der Waals surface area contributed by atoms with E-state index >= 15 is 0 Å². The third-order valence-electron chi connectivity index (χ3n) is 4.93. The molecule has 1 N–H and O–H groups in total. The molecule has 0 bridgehead atoms. The largest absolute Gasteiger partial charge is 0.325 e. The summed E-state index contributed by atoms with van der Waals surface area (Å²) in [6.07, 6.45) is 13.2. The van der Waals surface area contributed by atoms with Gasteiger partial charge in [0.2, 0.25) is 5.91 Å². The molecule has 3 nitrogen and oxygen atoms in total. The predicted octanol–water partition coefficient (Wildman–Crippen LogP) is 5.61. The molecule has 1 aromatic rings. The van der Waals surface area contributed by atoms with Crippen molar-refractivity contribution in [2.75, 3.05) is 5.32 Å². The van der Waals surface area contributed by atoms with Crippen LogP contribution in [0, 0.1) is 16.7 Å². The van der Waals surface area contributed by atoms with E-state index in [-0.39, 0.29) is 5.91 Å². The van der Waals surface area contributed by atoms with Gasteiger partial charge < -0.3 is 5.32 Å². The quantitative estimate of drug-likeness (QED) is 0.537. The summed E-state index contributed by atoms with van der Waals surface area (Å²) in [7, 11) is 0. The molecule has 0 saturated heterocycles. The normalized spacial score (nSPS) is 14.8. The zero-order valence-electron chi connectivity index (χ0n) is 14.9. The minimum absolute atomic E-state index is 0.152. The molecular weight excluding hydrogens is 296 g/mol. The van der Waals surface area contributed by atoms with Crippen LogP contribution in [0.2, 0.25) is 0 Å². The Balaban J connectivity index is 1.62. The number of anilines is 1. The van der Waals surface area contributed by atoms with Gasteiger partial charge in [0.25, 0.3) is 0 Å². The lowest BCUT2D eigenvalue weighted by Gasteiger charge is -2.09. The summed E-state index contributed by atoms with van der Waals surface area (Å²) < 4.78 is 0. The van der Waals surface area contributed by atoms with E-state index < -0.39 is 5.41 Å². The van der Waals surface area contributed by atoms with Crippen LogP contribution in [-0.2, 0) is 11.2 Å². The van der Waals surface area contributed by atoms with E-state index in [0.717, 1.165) is 12.1 Å². The van der Waals surface area contributed by atoms with E-state index in [1.165, 1.54) is 56.9 Å². The lowest BCUT2D eigenvalue weighted by molar-refractivity contribution is -0.119. The maximum absolute atomic E-state index is 12.0. The van der Waals surface area contributed by atoms with Crippen LogP contribution in [-0.4, -0.2) is 5.91 Å². The first-order valence-electron chi connectivity index (χ1n) is 9.52. The Morgan fingerprint density at radius 1 is 1.04 bits per heavy atom. The lowest BCUT2D eigenvalue weighted by Crippen LogP contribution is -2.22. The van der Waals surface area contributed by atoms with Crippen molar-refractivity contribution >= 4 is 11.6 Å². The topological polar surface area (TPSA) is 52.9 Å². The number of rotatable bonds is 11. The first-order valence-corrected chi connectivity index (χ1v) is 9.52. The Morgan fingerprint density at radius 2 is 1.62 bits per heavy atom. The van der Waals surface area contributed by atoms with Crippen LogP contribution in [0.5, 0.6) is 0 Å². The summed E-state index contributed by atoms with van der Waals surface area (Å²) in [6, 6.07) is 10.2. The van der Waals surface area contributed by atoms with Gasteiger partial charge in [-0.1, -0.05) is 64.0 Å². The number of carbonyl (C=O) groups is 1.